The van der Waals surface area contributed by atoms with Crippen molar-refractivity contribution in [1.82, 2.24) is 19.6 Å². The highest BCUT2D eigenvalue weighted by Gasteiger charge is 2.30. The van der Waals surface area contributed by atoms with Gasteiger partial charge in [-0.3, -0.25) is 9.80 Å². The van der Waals surface area contributed by atoms with E-state index in [9.17, 15) is 4.79 Å². The molecule has 0 spiro atoms. The van der Waals surface area contributed by atoms with Gasteiger partial charge in [-0.15, -0.1) is 0 Å². The number of halogens is 1. The van der Waals surface area contributed by atoms with E-state index in [1.807, 2.05) is 18.1 Å². The largest absolute Gasteiger partial charge is 0.360 e. The van der Waals surface area contributed by atoms with E-state index in [2.05, 4.69) is 23.9 Å². The number of H-pyrrole nitrogens is 1. The summed E-state index contributed by atoms with van der Waals surface area (Å²) < 4.78 is 1.64. The van der Waals surface area contributed by atoms with Crippen LogP contribution in [0.5, 0.6) is 0 Å². The molecule has 24 heavy (non-hydrogen) atoms. The van der Waals surface area contributed by atoms with E-state index in [0.717, 1.165) is 23.3 Å². The number of nitrogens with one attached hydrogen (secondary N) is 1. The predicted octanol–water partition coefficient (Wildman–Crippen LogP) is 2.98. The van der Waals surface area contributed by atoms with Crippen molar-refractivity contribution in [2.24, 2.45) is 0 Å². The summed E-state index contributed by atoms with van der Waals surface area (Å²) in [5, 5.41) is 8.63. The Balaban J connectivity index is 1.70. The zero-order chi connectivity index (χ0) is 17.0. The summed E-state index contributed by atoms with van der Waals surface area (Å²) in [4.78, 5) is 16.4. The summed E-state index contributed by atoms with van der Waals surface area (Å²) in [5.41, 5.74) is 5.83. The van der Waals surface area contributed by atoms with Crippen LogP contribution < -0.4 is 5.01 Å². The van der Waals surface area contributed by atoms with Gasteiger partial charge in [0, 0.05) is 37.6 Å². The molecular formula is C17H18ClN5O. The third kappa shape index (κ3) is 2.17. The Morgan fingerprint density at radius 3 is 2.92 bits per heavy atom. The van der Waals surface area contributed by atoms with E-state index in [4.69, 9.17) is 11.6 Å². The Hall–Kier alpha value is -2.47. The molecule has 0 saturated heterocycles. The van der Waals surface area contributed by atoms with Crippen molar-refractivity contribution in [1.29, 1.82) is 0 Å². The van der Waals surface area contributed by atoms with Crippen LogP contribution >= 0.6 is 11.6 Å². The van der Waals surface area contributed by atoms with Crippen molar-refractivity contribution in [3.8, 4) is 0 Å². The van der Waals surface area contributed by atoms with Crippen LogP contribution in [0, 0.1) is 13.8 Å². The minimum absolute atomic E-state index is 0.110. The van der Waals surface area contributed by atoms with Gasteiger partial charge < -0.3 is 4.98 Å². The van der Waals surface area contributed by atoms with Gasteiger partial charge >= 0.3 is 0 Å². The molecule has 0 radical (unpaired) electrons. The van der Waals surface area contributed by atoms with Crippen LogP contribution in [0.15, 0.2) is 24.4 Å². The molecule has 4 heterocycles. The molecule has 0 unspecified atom stereocenters. The Bertz CT molecular complexity index is 957. The Labute approximate surface area is 144 Å². The third-order valence-corrected chi connectivity index (χ3v) is 4.90. The maximum absolute atomic E-state index is 13.0. The molecule has 6 nitrogen and oxygen atoms in total. The summed E-state index contributed by atoms with van der Waals surface area (Å²) in [6.45, 7) is 4.75. The van der Waals surface area contributed by atoms with Gasteiger partial charge in [0.2, 0.25) is 0 Å². The second-order valence-corrected chi connectivity index (χ2v) is 6.59. The maximum Gasteiger partial charge on any atom is 0.292 e. The summed E-state index contributed by atoms with van der Waals surface area (Å²) in [6, 6.07) is 5.43. The van der Waals surface area contributed by atoms with Crippen LogP contribution in [-0.2, 0) is 6.42 Å². The second-order valence-electron chi connectivity index (χ2n) is 6.15. The molecule has 3 aromatic heterocycles. The number of fused-ring (bicyclic) bond motifs is 2. The minimum Gasteiger partial charge on any atom is -0.360 e. The molecule has 124 valence electrons. The fourth-order valence-electron chi connectivity index (χ4n) is 3.33. The number of aromatic amines is 1. The number of aromatic nitrogens is 3. The third-order valence-electron chi connectivity index (χ3n) is 4.68. The average Bonchev–Trinajstić information content (AvgIpc) is 3.09. The van der Waals surface area contributed by atoms with E-state index < -0.39 is 0 Å². The van der Waals surface area contributed by atoms with Crippen molar-refractivity contribution in [3.63, 3.8) is 0 Å². The minimum atomic E-state index is -0.110. The van der Waals surface area contributed by atoms with E-state index in [0.29, 0.717) is 17.3 Å². The molecule has 0 saturated carbocycles. The van der Waals surface area contributed by atoms with Crippen molar-refractivity contribution in [2.75, 3.05) is 18.6 Å². The lowest BCUT2D eigenvalue weighted by Gasteiger charge is -2.37. The summed E-state index contributed by atoms with van der Waals surface area (Å²) in [5.74, 6) is -0.110. The SMILES string of the molecule is Cc1[nH]c2c(c1C)N(C)N(C(=O)c1cc3ccc(Cl)cn3n1)CC2. The average molecular weight is 344 g/mol. The molecule has 0 aromatic carbocycles. The molecule has 0 aliphatic carbocycles. The second kappa shape index (κ2) is 5.27. The summed E-state index contributed by atoms with van der Waals surface area (Å²) in [7, 11) is 1.92. The fraction of sp³-hybridized carbons (Fsp3) is 0.294. The van der Waals surface area contributed by atoms with Gasteiger partial charge in [-0.1, -0.05) is 11.6 Å². The van der Waals surface area contributed by atoms with Gasteiger partial charge in [0.1, 0.15) is 0 Å². The van der Waals surface area contributed by atoms with Gasteiger partial charge in [-0.05, 0) is 37.6 Å². The van der Waals surface area contributed by atoms with Gasteiger partial charge in [-0.2, -0.15) is 5.10 Å². The lowest BCUT2D eigenvalue weighted by atomic mass is 10.1. The normalized spacial score (nSPS) is 14.3. The van der Waals surface area contributed by atoms with Gasteiger partial charge in [0.25, 0.3) is 5.91 Å². The molecule has 3 aromatic rings. The number of aryl methyl sites for hydroxylation is 1. The number of hydrogen-bond donors (Lipinski definition) is 1. The van der Waals surface area contributed by atoms with Crippen molar-refractivity contribution in [2.45, 2.75) is 20.3 Å². The van der Waals surface area contributed by atoms with Crippen LogP contribution in [-0.4, -0.2) is 39.1 Å². The summed E-state index contributed by atoms with van der Waals surface area (Å²) in [6.07, 6.45) is 2.50. The molecule has 1 aliphatic heterocycles. The highest BCUT2D eigenvalue weighted by atomic mass is 35.5. The fourth-order valence-corrected chi connectivity index (χ4v) is 3.48. The highest BCUT2D eigenvalue weighted by Crippen LogP contribution is 2.32. The van der Waals surface area contributed by atoms with E-state index in [-0.39, 0.29) is 5.91 Å². The van der Waals surface area contributed by atoms with Crippen LogP contribution in [0.3, 0.4) is 0 Å². The number of carbonyl (C=O) groups excluding carboxylic acids is 1. The quantitative estimate of drug-likeness (QED) is 0.739. The van der Waals surface area contributed by atoms with E-state index in [1.165, 1.54) is 11.3 Å². The molecular weight excluding hydrogens is 326 g/mol. The highest BCUT2D eigenvalue weighted by molar-refractivity contribution is 6.30. The van der Waals surface area contributed by atoms with Crippen LogP contribution in [0.25, 0.3) is 5.52 Å². The zero-order valence-electron chi connectivity index (χ0n) is 13.8. The Kier molecular flexibility index (Phi) is 3.31. The lowest BCUT2D eigenvalue weighted by molar-refractivity contribution is 0.0732. The monoisotopic (exact) mass is 343 g/mol. The first-order chi connectivity index (χ1) is 11.5. The molecule has 1 N–H and O–H groups in total. The number of hydrogen-bond acceptors (Lipinski definition) is 3. The van der Waals surface area contributed by atoms with Crippen molar-refractivity contribution >= 4 is 28.7 Å². The topological polar surface area (TPSA) is 56.6 Å². The van der Waals surface area contributed by atoms with Crippen LogP contribution in [0.1, 0.15) is 27.4 Å². The van der Waals surface area contributed by atoms with E-state index >= 15 is 0 Å². The number of pyridine rings is 1. The standard InChI is InChI=1S/C17H18ClN5O/c1-10-11(2)19-14-6-7-23(21(3)16(10)14)17(24)15-8-13-5-4-12(18)9-22(13)20-15/h4-5,8-9,19H,6-7H2,1-3H3. The van der Waals surface area contributed by atoms with Crippen molar-refractivity contribution in [3.05, 3.63) is 52.1 Å². The lowest BCUT2D eigenvalue weighted by Crippen LogP contribution is -2.48. The van der Waals surface area contributed by atoms with Crippen LogP contribution in [0.4, 0.5) is 5.69 Å². The molecule has 1 aliphatic rings. The number of hydrazine groups is 1. The van der Waals surface area contributed by atoms with E-state index in [1.54, 1.807) is 27.9 Å². The Morgan fingerprint density at radius 2 is 2.12 bits per heavy atom. The molecule has 0 fully saturated rings. The van der Waals surface area contributed by atoms with Gasteiger partial charge in [0.15, 0.2) is 5.69 Å². The first-order valence-corrected chi connectivity index (χ1v) is 8.22. The number of nitrogens with zero attached hydrogens (tertiary/aromatic N) is 4. The van der Waals surface area contributed by atoms with Crippen LogP contribution in [0.2, 0.25) is 5.02 Å². The molecule has 1 amide bonds. The number of anilines is 1. The van der Waals surface area contributed by atoms with Crippen molar-refractivity contribution < 1.29 is 4.79 Å². The van der Waals surface area contributed by atoms with Gasteiger partial charge in [0.05, 0.1) is 16.2 Å². The number of carbonyl (C=O) groups is 1. The number of rotatable bonds is 1. The number of amides is 1. The molecule has 0 bridgehead atoms. The van der Waals surface area contributed by atoms with Gasteiger partial charge in [-0.25, -0.2) is 9.52 Å². The maximum atomic E-state index is 13.0. The smallest absolute Gasteiger partial charge is 0.292 e. The first-order valence-electron chi connectivity index (χ1n) is 7.84. The summed E-state index contributed by atoms with van der Waals surface area (Å²) >= 11 is 5.99. The molecule has 4 rings (SSSR count). The predicted molar refractivity (Wildman–Crippen MR) is 93.6 cm³/mol. The molecule has 0 atom stereocenters. The zero-order valence-corrected chi connectivity index (χ0v) is 14.6. The Morgan fingerprint density at radius 1 is 1.33 bits per heavy atom. The first kappa shape index (κ1) is 15.1. The molecule has 7 heteroatoms.